The molecule has 1 aliphatic rings. The summed E-state index contributed by atoms with van der Waals surface area (Å²) in [6.45, 7) is 3.37. The van der Waals surface area contributed by atoms with E-state index in [2.05, 4.69) is 0 Å². The highest BCUT2D eigenvalue weighted by Gasteiger charge is 2.35. The highest BCUT2D eigenvalue weighted by atomic mass is 16.5. The Morgan fingerprint density at radius 1 is 0.792 bits per heavy atom. The van der Waals surface area contributed by atoms with Gasteiger partial charge in [0.25, 0.3) is 0 Å². The van der Waals surface area contributed by atoms with E-state index >= 15 is 0 Å². The van der Waals surface area contributed by atoms with Gasteiger partial charge in [-0.3, -0.25) is 0 Å². The zero-order chi connectivity index (χ0) is 16.8. The number of hydrogen-bond acceptors (Lipinski definition) is 5. The second kappa shape index (κ2) is 5.23. The highest BCUT2D eigenvalue weighted by molar-refractivity contribution is 5.56. The van der Waals surface area contributed by atoms with Gasteiger partial charge in [-0.1, -0.05) is 30.3 Å². The van der Waals surface area contributed by atoms with Gasteiger partial charge in [-0.15, -0.1) is 0 Å². The van der Waals surface area contributed by atoms with Gasteiger partial charge in [0.15, 0.2) is 0 Å². The summed E-state index contributed by atoms with van der Waals surface area (Å²) in [5.41, 5.74) is 0.412. The Kier molecular flexibility index (Phi) is 3.16. The molecule has 2 aromatic heterocycles. The van der Waals surface area contributed by atoms with Gasteiger partial charge in [0.05, 0.1) is 17.0 Å². The van der Waals surface area contributed by atoms with Gasteiger partial charge in [0.1, 0.15) is 23.0 Å². The third-order valence-corrected chi connectivity index (χ3v) is 4.08. The van der Waals surface area contributed by atoms with E-state index in [1.165, 1.54) is 0 Å². The number of hydrogen-bond donors (Lipinski definition) is 0. The first-order valence-corrected chi connectivity index (χ1v) is 7.56. The molecule has 1 aliphatic heterocycles. The summed E-state index contributed by atoms with van der Waals surface area (Å²) < 4.78 is 16.3. The van der Waals surface area contributed by atoms with E-state index in [-0.39, 0.29) is 0 Å². The van der Waals surface area contributed by atoms with Gasteiger partial charge >= 0.3 is 11.3 Å². The number of rotatable bonds is 1. The van der Waals surface area contributed by atoms with Crippen molar-refractivity contribution >= 4 is 0 Å². The predicted molar refractivity (Wildman–Crippen MR) is 86.9 cm³/mol. The van der Waals surface area contributed by atoms with Crippen LogP contribution in [-0.4, -0.2) is 0 Å². The lowest BCUT2D eigenvalue weighted by atomic mass is 9.84. The molecule has 0 radical (unpaired) electrons. The topological polar surface area (TPSA) is 69.7 Å². The molecular formula is C19H14O5. The van der Waals surface area contributed by atoms with Crippen molar-refractivity contribution in [3.8, 4) is 11.5 Å². The molecular weight excluding hydrogens is 308 g/mol. The third-order valence-electron chi connectivity index (χ3n) is 4.08. The quantitative estimate of drug-likeness (QED) is 0.536. The summed E-state index contributed by atoms with van der Waals surface area (Å²) in [5.74, 6) is 1.14. The third kappa shape index (κ3) is 2.17. The molecule has 3 aromatic rings. The minimum Gasteiger partial charge on any atom is -0.456 e. The van der Waals surface area contributed by atoms with E-state index in [0.29, 0.717) is 34.1 Å². The summed E-state index contributed by atoms with van der Waals surface area (Å²) in [6, 6.07) is 12.6. The SMILES string of the molecule is Cc1cc2c(c(=O)o1)C(c1ccccc1)c1c(cc(C)oc1=O)O2. The Hall–Kier alpha value is -3.08. The largest absolute Gasteiger partial charge is 0.456 e. The van der Waals surface area contributed by atoms with Gasteiger partial charge in [-0.05, 0) is 19.4 Å². The molecule has 0 saturated carbocycles. The summed E-state index contributed by atoms with van der Waals surface area (Å²) >= 11 is 0. The molecule has 5 heteroatoms. The molecule has 0 atom stereocenters. The van der Waals surface area contributed by atoms with E-state index in [4.69, 9.17) is 13.6 Å². The molecule has 0 aliphatic carbocycles. The first-order valence-electron chi connectivity index (χ1n) is 7.56. The minimum atomic E-state index is -0.585. The van der Waals surface area contributed by atoms with Crippen molar-refractivity contribution in [3.63, 3.8) is 0 Å². The Morgan fingerprint density at radius 3 is 1.79 bits per heavy atom. The van der Waals surface area contributed by atoms with Crippen LogP contribution in [0.4, 0.5) is 0 Å². The van der Waals surface area contributed by atoms with Crippen LogP contribution in [-0.2, 0) is 0 Å². The fourth-order valence-corrected chi connectivity index (χ4v) is 3.12. The molecule has 0 spiro atoms. The fourth-order valence-electron chi connectivity index (χ4n) is 3.12. The van der Waals surface area contributed by atoms with Crippen molar-refractivity contribution in [2.75, 3.05) is 0 Å². The monoisotopic (exact) mass is 322 g/mol. The van der Waals surface area contributed by atoms with Crippen molar-refractivity contribution in [2.24, 2.45) is 0 Å². The fraction of sp³-hybridized carbons (Fsp3) is 0.158. The van der Waals surface area contributed by atoms with E-state index in [1.54, 1.807) is 26.0 Å². The summed E-state index contributed by atoms with van der Waals surface area (Å²) in [6.07, 6.45) is 0. The maximum Gasteiger partial charge on any atom is 0.343 e. The highest BCUT2D eigenvalue weighted by Crippen LogP contribution is 2.44. The molecule has 24 heavy (non-hydrogen) atoms. The molecule has 0 amide bonds. The molecule has 5 nitrogen and oxygen atoms in total. The Labute approximate surface area is 137 Å². The van der Waals surface area contributed by atoms with E-state index in [0.717, 1.165) is 5.56 Å². The average Bonchev–Trinajstić information content (AvgIpc) is 2.53. The Morgan fingerprint density at radius 2 is 1.29 bits per heavy atom. The maximum atomic E-state index is 12.5. The van der Waals surface area contributed by atoms with E-state index < -0.39 is 17.2 Å². The second-order valence-electron chi connectivity index (χ2n) is 5.79. The first kappa shape index (κ1) is 14.5. The zero-order valence-electron chi connectivity index (χ0n) is 13.2. The average molecular weight is 322 g/mol. The van der Waals surface area contributed by atoms with E-state index in [1.807, 2.05) is 30.3 Å². The molecule has 0 fully saturated rings. The van der Waals surface area contributed by atoms with Crippen LogP contribution in [0, 0.1) is 13.8 Å². The van der Waals surface area contributed by atoms with Crippen LogP contribution >= 0.6 is 0 Å². The summed E-state index contributed by atoms with van der Waals surface area (Å²) in [7, 11) is 0. The number of benzene rings is 1. The molecule has 0 saturated heterocycles. The summed E-state index contributed by atoms with van der Waals surface area (Å²) in [5, 5.41) is 0. The molecule has 0 unspecified atom stereocenters. The predicted octanol–water partition coefficient (Wildman–Crippen LogP) is 3.50. The van der Waals surface area contributed by atoms with Crippen molar-refractivity contribution in [3.05, 3.63) is 91.5 Å². The molecule has 0 N–H and O–H groups in total. The molecule has 120 valence electrons. The van der Waals surface area contributed by atoms with Crippen molar-refractivity contribution in [2.45, 2.75) is 19.8 Å². The van der Waals surface area contributed by atoms with Crippen LogP contribution < -0.4 is 16.0 Å². The van der Waals surface area contributed by atoms with Gasteiger partial charge < -0.3 is 13.6 Å². The van der Waals surface area contributed by atoms with Crippen LogP contribution in [0.25, 0.3) is 0 Å². The smallest absolute Gasteiger partial charge is 0.343 e. The van der Waals surface area contributed by atoms with Gasteiger partial charge in [0.2, 0.25) is 0 Å². The van der Waals surface area contributed by atoms with Crippen LogP contribution in [0.2, 0.25) is 0 Å². The molecule has 4 rings (SSSR count). The molecule has 0 bridgehead atoms. The van der Waals surface area contributed by atoms with E-state index in [9.17, 15) is 9.59 Å². The molecule has 1 aromatic carbocycles. The van der Waals surface area contributed by atoms with Crippen molar-refractivity contribution in [1.82, 2.24) is 0 Å². The number of ether oxygens (including phenoxy) is 1. The Balaban J connectivity index is 2.09. The van der Waals surface area contributed by atoms with Crippen LogP contribution in [0.5, 0.6) is 11.5 Å². The first-order chi connectivity index (χ1) is 11.5. The van der Waals surface area contributed by atoms with Crippen LogP contribution in [0.15, 0.2) is 60.9 Å². The lowest BCUT2D eigenvalue weighted by molar-refractivity contribution is 0.389. The van der Waals surface area contributed by atoms with Crippen LogP contribution in [0.3, 0.4) is 0 Å². The normalized spacial score (nSPS) is 13.1. The van der Waals surface area contributed by atoms with Crippen molar-refractivity contribution in [1.29, 1.82) is 0 Å². The standard InChI is InChI=1S/C19H14O5/c1-10-8-13-16(18(20)22-10)15(12-6-4-3-5-7-12)17-14(24-13)9-11(2)23-19(17)21/h3-9,15H,1-2H3. The maximum absolute atomic E-state index is 12.5. The Bertz CT molecular complexity index is 978. The van der Waals surface area contributed by atoms with Crippen LogP contribution in [0.1, 0.15) is 34.1 Å². The molecule has 3 heterocycles. The second-order valence-corrected chi connectivity index (χ2v) is 5.79. The number of fused-ring (bicyclic) bond motifs is 2. The lowest BCUT2D eigenvalue weighted by Gasteiger charge is -2.26. The van der Waals surface area contributed by atoms with Gasteiger partial charge in [0, 0.05) is 12.1 Å². The van der Waals surface area contributed by atoms with Crippen molar-refractivity contribution < 1.29 is 13.6 Å². The van der Waals surface area contributed by atoms with Gasteiger partial charge in [-0.25, -0.2) is 9.59 Å². The zero-order valence-corrected chi connectivity index (χ0v) is 13.2. The lowest BCUT2D eigenvalue weighted by Crippen LogP contribution is -2.25. The summed E-state index contributed by atoms with van der Waals surface area (Å²) in [4.78, 5) is 25.0. The minimum absolute atomic E-state index is 0.315. The van der Waals surface area contributed by atoms with Gasteiger partial charge in [-0.2, -0.15) is 0 Å². The number of aryl methyl sites for hydroxylation is 2.